The third-order valence-corrected chi connectivity index (χ3v) is 2.40. The molecule has 4 heteroatoms. The van der Waals surface area contributed by atoms with Crippen LogP contribution in [0.2, 0.25) is 10.0 Å². The van der Waals surface area contributed by atoms with Crippen LogP contribution in [-0.2, 0) is 0 Å². The highest BCUT2D eigenvalue weighted by atomic mass is 79.9. The molecule has 72 valence electrons. The Morgan fingerprint density at radius 1 is 1.31 bits per heavy atom. The van der Waals surface area contributed by atoms with E-state index in [9.17, 15) is 0 Å². The predicted molar refractivity (Wildman–Crippen MR) is 59.9 cm³/mol. The van der Waals surface area contributed by atoms with Crippen molar-refractivity contribution in [2.75, 3.05) is 0 Å². The highest BCUT2D eigenvalue weighted by Crippen LogP contribution is 2.36. The van der Waals surface area contributed by atoms with Crippen LogP contribution in [0.4, 0.5) is 0 Å². The number of ether oxygens (including phenoxy) is 1. The summed E-state index contributed by atoms with van der Waals surface area (Å²) in [5.74, 6) is 0.640. The lowest BCUT2D eigenvalue weighted by atomic mass is 10.3. The van der Waals surface area contributed by atoms with Crippen molar-refractivity contribution in [2.24, 2.45) is 0 Å². The van der Waals surface area contributed by atoms with E-state index in [1.54, 1.807) is 12.1 Å². The number of benzene rings is 1. The fourth-order valence-corrected chi connectivity index (χ4v) is 2.21. The van der Waals surface area contributed by atoms with E-state index >= 15 is 0 Å². The van der Waals surface area contributed by atoms with E-state index in [0.29, 0.717) is 15.8 Å². The molecular weight excluding hydrogens is 275 g/mol. The maximum absolute atomic E-state index is 5.94. The first-order valence-corrected chi connectivity index (χ1v) is 5.37. The van der Waals surface area contributed by atoms with E-state index in [4.69, 9.17) is 27.9 Å². The van der Waals surface area contributed by atoms with E-state index in [1.165, 1.54) is 0 Å². The van der Waals surface area contributed by atoms with Crippen LogP contribution in [0.25, 0.3) is 0 Å². The van der Waals surface area contributed by atoms with Gasteiger partial charge in [-0.25, -0.2) is 0 Å². The van der Waals surface area contributed by atoms with E-state index in [-0.39, 0.29) is 6.10 Å². The number of hydrogen-bond donors (Lipinski definition) is 0. The summed E-state index contributed by atoms with van der Waals surface area (Å²) in [5.41, 5.74) is 0. The van der Waals surface area contributed by atoms with Gasteiger partial charge in [0.05, 0.1) is 15.6 Å². The van der Waals surface area contributed by atoms with Crippen molar-refractivity contribution in [3.05, 3.63) is 26.7 Å². The minimum absolute atomic E-state index is 0.0926. The zero-order chi connectivity index (χ0) is 10.0. The molecule has 1 nitrogen and oxygen atoms in total. The Morgan fingerprint density at radius 3 is 2.38 bits per heavy atom. The lowest BCUT2D eigenvalue weighted by Gasteiger charge is -2.13. The molecule has 0 atom stereocenters. The van der Waals surface area contributed by atoms with Crippen molar-refractivity contribution in [1.82, 2.24) is 0 Å². The van der Waals surface area contributed by atoms with Crippen LogP contribution in [0.1, 0.15) is 13.8 Å². The van der Waals surface area contributed by atoms with Crippen LogP contribution >= 0.6 is 39.1 Å². The maximum Gasteiger partial charge on any atom is 0.152 e. The van der Waals surface area contributed by atoms with Gasteiger partial charge in [0.1, 0.15) is 0 Å². The average molecular weight is 284 g/mol. The zero-order valence-corrected chi connectivity index (χ0v) is 10.4. The molecule has 0 aliphatic carbocycles. The third kappa shape index (κ3) is 3.04. The van der Waals surface area contributed by atoms with Crippen molar-refractivity contribution in [3.63, 3.8) is 0 Å². The van der Waals surface area contributed by atoms with Crippen LogP contribution in [-0.4, -0.2) is 6.10 Å². The first-order valence-electron chi connectivity index (χ1n) is 3.82. The highest BCUT2D eigenvalue weighted by Gasteiger charge is 2.09. The summed E-state index contributed by atoms with van der Waals surface area (Å²) >= 11 is 15.1. The molecule has 0 spiro atoms. The summed E-state index contributed by atoms with van der Waals surface area (Å²) in [6.45, 7) is 3.88. The maximum atomic E-state index is 5.94. The molecule has 1 aromatic carbocycles. The van der Waals surface area contributed by atoms with E-state index in [0.717, 1.165) is 4.47 Å². The summed E-state index contributed by atoms with van der Waals surface area (Å²) in [7, 11) is 0. The van der Waals surface area contributed by atoms with Crippen molar-refractivity contribution in [3.8, 4) is 5.75 Å². The zero-order valence-electron chi connectivity index (χ0n) is 7.27. The smallest absolute Gasteiger partial charge is 0.152 e. The topological polar surface area (TPSA) is 9.23 Å². The summed E-state index contributed by atoms with van der Waals surface area (Å²) < 4.78 is 6.27. The second-order valence-corrected chi connectivity index (χ2v) is 4.56. The summed E-state index contributed by atoms with van der Waals surface area (Å²) in [6, 6.07) is 3.41. The largest absolute Gasteiger partial charge is 0.488 e. The molecule has 1 rings (SSSR count). The molecule has 13 heavy (non-hydrogen) atoms. The second-order valence-electron chi connectivity index (χ2n) is 2.87. The fourth-order valence-electron chi connectivity index (χ4n) is 0.877. The quantitative estimate of drug-likeness (QED) is 0.774. The van der Waals surface area contributed by atoms with Crippen LogP contribution in [0.3, 0.4) is 0 Å². The Bertz CT molecular complexity index is 289. The molecule has 0 fully saturated rings. The Kier molecular flexibility index (Phi) is 3.89. The first kappa shape index (κ1) is 11.2. The van der Waals surface area contributed by atoms with Gasteiger partial charge < -0.3 is 4.74 Å². The van der Waals surface area contributed by atoms with Crippen LogP contribution in [0, 0.1) is 0 Å². The van der Waals surface area contributed by atoms with Gasteiger partial charge >= 0.3 is 0 Å². The molecule has 0 saturated carbocycles. The third-order valence-electron chi connectivity index (χ3n) is 1.32. The highest BCUT2D eigenvalue weighted by molar-refractivity contribution is 9.10. The lowest BCUT2D eigenvalue weighted by molar-refractivity contribution is 0.241. The predicted octanol–water partition coefficient (Wildman–Crippen LogP) is 4.54. The molecular formula is C9H9BrCl2O. The van der Waals surface area contributed by atoms with Gasteiger partial charge in [0.2, 0.25) is 0 Å². The Balaban J connectivity index is 3.06. The molecule has 0 radical (unpaired) electrons. The number of rotatable bonds is 2. The standard InChI is InChI=1S/C9H9BrCl2O/c1-5(2)13-9-7(10)3-6(11)4-8(9)12/h3-5H,1-2H3. The SMILES string of the molecule is CC(C)Oc1c(Cl)cc(Cl)cc1Br. The summed E-state index contributed by atoms with van der Waals surface area (Å²) in [6.07, 6.45) is 0.0926. The Labute approximate surface area is 96.1 Å². The summed E-state index contributed by atoms with van der Waals surface area (Å²) in [4.78, 5) is 0. The van der Waals surface area contributed by atoms with Crippen LogP contribution in [0.15, 0.2) is 16.6 Å². The minimum atomic E-state index is 0.0926. The van der Waals surface area contributed by atoms with Crippen molar-refractivity contribution in [2.45, 2.75) is 20.0 Å². The minimum Gasteiger partial charge on any atom is -0.488 e. The van der Waals surface area contributed by atoms with Gasteiger partial charge in [-0.3, -0.25) is 0 Å². The van der Waals surface area contributed by atoms with Gasteiger partial charge in [0.15, 0.2) is 5.75 Å². The Hall–Kier alpha value is 0.0800. The van der Waals surface area contributed by atoms with Crippen molar-refractivity contribution < 1.29 is 4.74 Å². The monoisotopic (exact) mass is 282 g/mol. The van der Waals surface area contributed by atoms with Crippen molar-refractivity contribution >= 4 is 39.1 Å². The second kappa shape index (κ2) is 4.54. The van der Waals surface area contributed by atoms with Crippen LogP contribution < -0.4 is 4.74 Å². The van der Waals surface area contributed by atoms with Crippen LogP contribution in [0.5, 0.6) is 5.75 Å². The molecule has 0 aliphatic rings. The molecule has 0 bridgehead atoms. The van der Waals surface area contributed by atoms with E-state index < -0.39 is 0 Å². The molecule has 0 aromatic heterocycles. The van der Waals surface area contributed by atoms with E-state index in [2.05, 4.69) is 15.9 Å². The average Bonchev–Trinajstić information content (AvgIpc) is 1.96. The molecule has 0 saturated heterocycles. The molecule has 0 amide bonds. The van der Waals surface area contributed by atoms with Gasteiger partial charge in [0, 0.05) is 5.02 Å². The molecule has 0 aliphatic heterocycles. The molecule has 0 heterocycles. The Morgan fingerprint density at radius 2 is 1.92 bits per heavy atom. The van der Waals surface area contributed by atoms with Gasteiger partial charge in [-0.1, -0.05) is 23.2 Å². The number of hydrogen-bond acceptors (Lipinski definition) is 1. The summed E-state index contributed by atoms with van der Waals surface area (Å²) in [5, 5.41) is 1.11. The van der Waals surface area contributed by atoms with Gasteiger partial charge in [-0.05, 0) is 41.9 Å². The van der Waals surface area contributed by atoms with E-state index in [1.807, 2.05) is 13.8 Å². The normalized spacial score (nSPS) is 10.6. The number of halogens is 3. The fraction of sp³-hybridized carbons (Fsp3) is 0.333. The first-order chi connectivity index (χ1) is 6.00. The lowest BCUT2D eigenvalue weighted by Crippen LogP contribution is -2.06. The van der Waals surface area contributed by atoms with Gasteiger partial charge in [-0.15, -0.1) is 0 Å². The van der Waals surface area contributed by atoms with Crippen molar-refractivity contribution in [1.29, 1.82) is 0 Å². The molecule has 0 unspecified atom stereocenters. The van der Waals surface area contributed by atoms with Gasteiger partial charge in [-0.2, -0.15) is 0 Å². The molecule has 0 N–H and O–H groups in total. The van der Waals surface area contributed by atoms with Gasteiger partial charge in [0.25, 0.3) is 0 Å². The molecule has 1 aromatic rings.